The maximum absolute atomic E-state index is 11.9. The first-order valence-corrected chi connectivity index (χ1v) is 10.3. The van der Waals surface area contributed by atoms with Crippen molar-refractivity contribution in [3.8, 4) is 0 Å². The molecule has 0 saturated carbocycles. The summed E-state index contributed by atoms with van der Waals surface area (Å²) in [5.41, 5.74) is -1.10. The Morgan fingerprint density at radius 1 is 1.43 bits per heavy atom. The van der Waals surface area contributed by atoms with E-state index < -0.39 is 38.6 Å². The van der Waals surface area contributed by atoms with E-state index in [0.717, 1.165) is 0 Å². The number of hydrogen-bond acceptors (Lipinski definition) is 5. The Labute approximate surface area is 137 Å². The average Bonchev–Trinajstić information content (AvgIpc) is 2.88. The molecule has 2 unspecified atom stereocenters. The molecule has 0 fully saturated rings. The first kappa shape index (κ1) is 20.7. The van der Waals surface area contributed by atoms with Crippen LogP contribution in [0, 0.1) is 0 Å². The van der Waals surface area contributed by atoms with Crippen molar-refractivity contribution in [2.24, 2.45) is 0 Å². The van der Waals surface area contributed by atoms with E-state index in [1.165, 1.54) is 23.3 Å². The number of aliphatic hydroxyl groups is 1. The molecule has 0 spiro atoms. The van der Waals surface area contributed by atoms with Crippen LogP contribution in [0.1, 0.15) is 34.1 Å². The predicted molar refractivity (Wildman–Crippen MR) is 88.1 cm³/mol. The third-order valence-electron chi connectivity index (χ3n) is 3.53. The van der Waals surface area contributed by atoms with Gasteiger partial charge in [0.05, 0.1) is 26.6 Å². The number of aromatic nitrogens is 2. The summed E-state index contributed by atoms with van der Waals surface area (Å²) in [5.74, 6) is 0. The van der Waals surface area contributed by atoms with Gasteiger partial charge in [0.15, 0.2) is 0 Å². The molecule has 1 aromatic heterocycles. The summed E-state index contributed by atoms with van der Waals surface area (Å²) >= 11 is 0. The maximum Gasteiger partial charge on any atom is 0.365 e. The van der Waals surface area contributed by atoms with Crippen molar-refractivity contribution in [1.82, 2.24) is 9.55 Å². The van der Waals surface area contributed by atoms with Crippen LogP contribution in [0.15, 0.2) is 18.7 Å². The summed E-state index contributed by atoms with van der Waals surface area (Å²) < 4.78 is 18.8. The summed E-state index contributed by atoms with van der Waals surface area (Å²) in [6.45, 7) is 7.23. The highest BCUT2D eigenvalue weighted by Gasteiger charge is 2.54. The highest BCUT2D eigenvalue weighted by Crippen LogP contribution is 2.67. The van der Waals surface area contributed by atoms with Crippen molar-refractivity contribution >= 4 is 15.7 Å². The molecule has 4 N–H and O–H groups in total. The van der Waals surface area contributed by atoms with Crippen LogP contribution in [-0.2, 0) is 15.8 Å². The zero-order valence-electron chi connectivity index (χ0n) is 13.8. The van der Waals surface area contributed by atoms with Gasteiger partial charge in [-0.2, -0.15) is 0 Å². The van der Waals surface area contributed by atoms with Crippen LogP contribution in [0.3, 0.4) is 0 Å². The van der Waals surface area contributed by atoms with Gasteiger partial charge in [-0.05, 0) is 27.2 Å². The van der Waals surface area contributed by atoms with Crippen molar-refractivity contribution < 1.29 is 29.1 Å². The maximum atomic E-state index is 11.9. The summed E-state index contributed by atoms with van der Waals surface area (Å²) in [6, 6.07) is 0. The number of nitrogens with zero attached hydrogens (tertiary/aromatic N) is 2. The molecule has 0 radical (unpaired) electrons. The average molecular weight is 368 g/mol. The van der Waals surface area contributed by atoms with Crippen LogP contribution in [0.5, 0.6) is 0 Å². The SMILES string of the molecule is CCOC(C)(C)CC(C)[P@@](O)C(O)(Cn1ccnc1)P(=O)(O)O. The Balaban J connectivity index is 3.00. The minimum atomic E-state index is -4.97. The second-order valence-corrected chi connectivity index (χ2v) is 10.6. The van der Waals surface area contributed by atoms with Crippen molar-refractivity contribution in [2.75, 3.05) is 6.61 Å². The zero-order valence-corrected chi connectivity index (χ0v) is 15.6. The normalized spacial score (nSPS) is 18.4. The zero-order chi connectivity index (χ0) is 17.9. The van der Waals surface area contributed by atoms with Gasteiger partial charge in [-0.1, -0.05) is 6.92 Å². The van der Waals surface area contributed by atoms with E-state index >= 15 is 0 Å². The molecule has 1 heterocycles. The summed E-state index contributed by atoms with van der Waals surface area (Å²) in [7, 11) is -7.37. The molecule has 23 heavy (non-hydrogen) atoms. The number of hydrogen-bond donors (Lipinski definition) is 4. The molecule has 3 atom stereocenters. The van der Waals surface area contributed by atoms with Crippen LogP contribution in [0.25, 0.3) is 0 Å². The molecule has 0 bridgehead atoms. The summed E-state index contributed by atoms with van der Waals surface area (Å²) in [4.78, 5) is 33.5. The lowest BCUT2D eigenvalue weighted by molar-refractivity contribution is -0.0164. The summed E-state index contributed by atoms with van der Waals surface area (Å²) in [5, 5.41) is 8.07. The predicted octanol–water partition coefficient (Wildman–Crippen LogP) is 1.69. The third-order valence-corrected chi connectivity index (χ3v) is 7.89. The third kappa shape index (κ3) is 5.33. The van der Waals surface area contributed by atoms with E-state index in [0.29, 0.717) is 13.0 Å². The van der Waals surface area contributed by atoms with E-state index in [2.05, 4.69) is 4.98 Å². The van der Waals surface area contributed by atoms with Crippen molar-refractivity contribution in [3.63, 3.8) is 0 Å². The number of imidazole rings is 1. The van der Waals surface area contributed by atoms with Crippen LogP contribution in [0.2, 0.25) is 0 Å². The van der Waals surface area contributed by atoms with Crippen LogP contribution in [-0.4, -0.2) is 52.3 Å². The summed E-state index contributed by atoms with van der Waals surface area (Å²) in [6.07, 6.45) is 4.59. The van der Waals surface area contributed by atoms with Gasteiger partial charge in [0.2, 0.25) is 5.08 Å². The minimum absolute atomic E-state index is 0.356. The van der Waals surface area contributed by atoms with E-state index in [1.807, 2.05) is 20.8 Å². The Hall–Kier alpha value is -0.330. The molecule has 8 nitrogen and oxygen atoms in total. The molecule has 1 rings (SSSR count). The number of rotatable bonds is 9. The van der Waals surface area contributed by atoms with Gasteiger partial charge in [0, 0.05) is 24.7 Å². The van der Waals surface area contributed by atoms with E-state index in [4.69, 9.17) is 4.74 Å². The monoisotopic (exact) mass is 368 g/mol. The van der Waals surface area contributed by atoms with Gasteiger partial charge in [-0.15, -0.1) is 0 Å². The molecule has 0 aromatic carbocycles. The van der Waals surface area contributed by atoms with Crippen molar-refractivity contribution in [3.05, 3.63) is 18.7 Å². The van der Waals surface area contributed by atoms with Gasteiger partial charge in [-0.3, -0.25) is 4.57 Å². The molecule has 0 aliphatic carbocycles. The Bertz CT molecular complexity index is 533. The van der Waals surface area contributed by atoms with E-state index in [9.17, 15) is 24.4 Å². The molecule has 134 valence electrons. The number of ether oxygens (including phenoxy) is 1. The smallest absolute Gasteiger partial charge is 0.365 e. The highest BCUT2D eigenvalue weighted by atomic mass is 31.2. The lowest BCUT2D eigenvalue weighted by atomic mass is 10.0. The molecular formula is C13H26N2O6P2. The standard InChI is InChI=1S/C13H26N2O6P2/c1-5-21-12(3,4)8-11(2)22(17)13(16,23(18,19)20)9-15-7-6-14-10-15/h6-7,10-11,16-17H,5,8-9H2,1-4H3,(H2,18,19,20)/t11?,13?,22-/m1/s1. The van der Waals surface area contributed by atoms with Crippen molar-refractivity contribution in [2.45, 2.75) is 57.0 Å². The molecule has 0 aliphatic rings. The molecule has 10 heteroatoms. The van der Waals surface area contributed by atoms with Gasteiger partial charge in [-0.25, -0.2) is 4.98 Å². The second kappa shape index (κ2) is 7.70. The minimum Gasteiger partial charge on any atom is -0.376 e. The van der Waals surface area contributed by atoms with Crippen LogP contribution < -0.4 is 0 Å². The first-order chi connectivity index (χ1) is 10.4. The highest BCUT2D eigenvalue weighted by molar-refractivity contribution is 7.72. The first-order valence-electron chi connectivity index (χ1n) is 7.29. The fourth-order valence-electron chi connectivity index (χ4n) is 2.52. The molecule has 0 amide bonds. The fraction of sp³-hybridized carbons (Fsp3) is 0.769. The van der Waals surface area contributed by atoms with Gasteiger partial charge < -0.3 is 29.1 Å². The quantitative estimate of drug-likeness (QED) is 0.489. The van der Waals surface area contributed by atoms with E-state index in [-0.39, 0.29) is 0 Å². The Kier molecular flexibility index (Phi) is 6.94. The van der Waals surface area contributed by atoms with Gasteiger partial charge >= 0.3 is 7.60 Å². The van der Waals surface area contributed by atoms with Crippen molar-refractivity contribution in [1.29, 1.82) is 0 Å². The fourth-order valence-corrected chi connectivity index (χ4v) is 6.16. The van der Waals surface area contributed by atoms with Crippen LogP contribution in [0.4, 0.5) is 0 Å². The lowest BCUT2D eigenvalue weighted by Gasteiger charge is -2.38. The molecule has 0 saturated heterocycles. The van der Waals surface area contributed by atoms with Gasteiger partial charge in [0.1, 0.15) is 0 Å². The molecule has 1 aromatic rings. The van der Waals surface area contributed by atoms with Crippen LogP contribution >= 0.6 is 15.7 Å². The molecular weight excluding hydrogens is 342 g/mol. The van der Waals surface area contributed by atoms with Gasteiger partial charge in [0.25, 0.3) is 0 Å². The molecule has 0 aliphatic heterocycles. The Morgan fingerprint density at radius 3 is 2.48 bits per heavy atom. The second-order valence-electron chi connectivity index (χ2n) is 6.14. The lowest BCUT2D eigenvalue weighted by Crippen LogP contribution is -2.37. The topological polar surface area (TPSA) is 125 Å². The largest absolute Gasteiger partial charge is 0.376 e. The van der Waals surface area contributed by atoms with E-state index in [1.54, 1.807) is 6.92 Å². The Morgan fingerprint density at radius 2 is 2.04 bits per heavy atom.